The Morgan fingerprint density at radius 3 is 2.52 bits per heavy atom. The maximum Gasteiger partial charge on any atom is 0.251 e. The molecule has 0 bridgehead atoms. The van der Waals surface area contributed by atoms with Gasteiger partial charge in [0.2, 0.25) is 0 Å². The number of methoxy groups -OCH3 is 1. The van der Waals surface area contributed by atoms with E-state index in [1.54, 1.807) is 7.11 Å². The van der Waals surface area contributed by atoms with Crippen LogP contribution in [-0.4, -0.2) is 63.5 Å². The van der Waals surface area contributed by atoms with Crippen LogP contribution in [0.15, 0.2) is 54.6 Å². The molecule has 1 amide bonds. The Morgan fingerprint density at radius 2 is 1.87 bits per heavy atom. The van der Waals surface area contributed by atoms with Gasteiger partial charge in [0.05, 0.1) is 12.1 Å². The van der Waals surface area contributed by atoms with Crippen LogP contribution in [0.2, 0.25) is 0 Å². The van der Waals surface area contributed by atoms with Crippen molar-refractivity contribution in [1.82, 2.24) is 10.2 Å². The van der Waals surface area contributed by atoms with Crippen LogP contribution in [0.3, 0.4) is 0 Å². The fraction of sp³-hybridized carbons (Fsp3) is 0.480. The first-order chi connectivity index (χ1) is 15.0. The zero-order valence-corrected chi connectivity index (χ0v) is 19.1. The molecule has 1 saturated heterocycles. The molecule has 1 aliphatic heterocycles. The third kappa shape index (κ3) is 6.53. The van der Waals surface area contributed by atoms with Gasteiger partial charge in [-0.15, -0.1) is 0 Å². The van der Waals surface area contributed by atoms with Gasteiger partial charge in [-0.2, -0.15) is 0 Å². The number of likely N-dealkylation sites (N-methyl/N-ethyl adjacent to an activating group) is 1. The van der Waals surface area contributed by atoms with Gasteiger partial charge in [0.1, 0.15) is 6.79 Å². The number of benzene rings is 2. The summed E-state index contributed by atoms with van der Waals surface area (Å²) in [5, 5.41) is 2.94. The standard InChI is InChI=1S/C25H35N3O3/c1-19(2)26-25(29)21-10-12-22(13-11-21)27(3)24(20-8-6-5-7-9-20)17-28-15-14-23(16-28)31-18-30-4/h5-13,19,23-24H,14-18H2,1-4H3,(H,26,29). The van der Waals surface area contributed by atoms with Crippen molar-refractivity contribution in [3.8, 4) is 0 Å². The highest BCUT2D eigenvalue weighted by Crippen LogP contribution is 2.28. The van der Waals surface area contributed by atoms with Gasteiger partial charge in [0, 0.05) is 51.1 Å². The van der Waals surface area contributed by atoms with Crippen molar-refractivity contribution in [3.63, 3.8) is 0 Å². The topological polar surface area (TPSA) is 54.0 Å². The Morgan fingerprint density at radius 1 is 1.16 bits per heavy atom. The van der Waals surface area contributed by atoms with Gasteiger partial charge in [-0.3, -0.25) is 9.69 Å². The highest BCUT2D eigenvalue weighted by molar-refractivity contribution is 5.94. The van der Waals surface area contributed by atoms with E-state index in [-0.39, 0.29) is 24.1 Å². The van der Waals surface area contributed by atoms with Gasteiger partial charge in [-0.1, -0.05) is 30.3 Å². The Kier molecular flexibility index (Phi) is 8.46. The first kappa shape index (κ1) is 23.3. The van der Waals surface area contributed by atoms with Gasteiger partial charge in [0.25, 0.3) is 5.91 Å². The average molecular weight is 426 g/mol. The van der Waals surface area contributed by atoms with E-state index >= 15 is 0 Å². The largest absolute Gasteiger partial charge is 0.366 e. The van der Waals surface area contributed by atoms with Gasteiger partial charge in [-0.25, -0.2) is 0 Å². The number of nitrogens with one attached hydrogen (secondary N) is 1. The second kappa shape index (κ2) is 11.3. The number of carbonyl (C=O) groups excluding carboxylic acids is 1. The molecule has 6 heteroatoms. The summed E-state index contributed by atoms with van der Waals surface area (Å²) in [4.78, 5) is 17.0. The Balaban J connectivity index is 1.73. The molecule has 2 aromatic carbocycles. The van der Waals surface area contributed by atoms with Gasteiger partial charge >= 0.3 is 0 Å². The van der Waals surface area contributed by atoms with E-state index in [0.29, 0.717) is 12.4 Å². The maximum atomic E-state index is 12.3. The number of rotatable bonds is 10. The highest BCUT2D eigenvalue weighted by Gasteiger charge is 2.27. The summed E-state index contributed by atoms with van der Waals surface area (Å²) >= 11 is 0. The number of carbonyl (C=O) groups is 1. The van der Waals surface area contributed by atoms with Crippen LogP contribution >= 0.6 is 0 Å². The summed E-state index contributed by atoms with van der Waals surface area (Å²) in [6.45, 7) is 7.11. The fourth-order valence-electron chi connectivity index (χ4n) is 4.01. The zero-order valence-electron chi connectivity index (χ0n) is 19.1. The molecule has 6 nitrogen and oxygen atoms in total. The smallest absolute Gasteiger partial charge is 0.251 e. The van der Waals surface area contributed by atoms with E-state index in [1.165, 1.54) is 5.56 Å². The first-order valence-corrected chi connectivity index (χ1v) is 11.0. The Hall–Kier alpha value is -2.41. The minimum absolute atomic E-state index is 0.0389. The Bertz CT molecular complexity index is 811. The molecule has 0 aliphatic carbocycles. The summed E-state index contributed by atoms with van der Waals surface area (Å²) in [7, 11) is 3.78. The lowest BCUT2D eigenvalue weighted by Crippen LogP contribution is -2.36. The lowest BCUT2D eigenvalue weighted by atomic mass is 10.0. The van der Waals surface area contributed by atoms with Crippen molar-refractivity contribution in [2.75, 3.05) is 45.5 Å². The summed E-state index contributed by atoms with van der Waals surface area (Å²) in [5.41, 5.74) is 3.04. The number of ether oxygens (including phenoxy) is 2. The van der Waals surface area contributed by atoms with Crippen LogP contribution < -0.4 is 10.2 Å². The van der Waals surface area contributed by atoms with Crippen molar-refractivity contribution in [3.05, 3.63) is 65.7 Å². The normalized spacial score (nSPS) is 17.6. The molecule has 3 rings (SSSR count). The minimum atomic E-state index is -0.0389. The van der Waals surface area contributed by atoms with E-state index in [4.69, 9.17) is 9.47 Å². The second-order valence-electron chi connectivity index (χ2n) is 8.46. The molecule has 2 atom stereocenters. The number of nitrogens with zero attached hydrogens (tertiary/aromatic N) is 2. The molecule has 1 N–H and O–H groups in total. The van der Waals surface area contributed by atoms with Crippen LogP contribution in [-0.2, 0) is 9.47 Å². The fourth-order valence-corrected chi connectivity index (χ4v) is 4.01. The molecular formula is C25H35N3O3. The van der Waals surface area contributed by atoms with Gasteiger partial charge in [0.15, 0.2) is 0 Å². The average Bonchev–Trinajstić information content (AvgIpc) is 3.23. The number of anilines is 1. The van der Waals surface area contributed by atoms with E-state index in [0.717, 1.165) is 31.7 Å². The molecule has 1 aliphatic rings. The Labute approximate surface area is 186 Å². The van der Waals surface area contributed by atoms with E-state index in [1.807, 2.05) is 44.2 Å². The monoisotopic (exact) mass is 425 g/mol. The van der Waals surface area contributed by atoms with Crippen molar-refractivity contribution < 1.29 is 14.3 Å². The SMILES string of the molecule is COCOC1CCN(CC(c2ccccc2)N(C)c2ccc(C(=O)NC(C)C)cc2)C1. The molecule has 2 unspecified atom stereocenters. The van der Waals surface area contributed by atoms with Crippen molar-refractivity contribution >= 4 is 11.6 Å². The number of likely N-dealkylation sites (tertiary alicyclic amines) is 1. The van der Waals surface area contributed by atoms with E-state index in [2.05, 4.69) is 46.4 Å². The maximum absolute atomic E-state index is 12.3. The molecule has 0 saturated carbocycles. The van der Waals surface area contributed by atoms with Gasteiger partial charge < -0.3 is 19.7 Å². The van der Waals surface area contributed by atoms with Crippen LogP contribution in [0.4, 0.5) is 5.69 Å². The number of hydrogen-bond acceptors (Lipinski definition) is 5. The molecule has 2 aromatic rings. The molecular weight excluding hydrogens is 390 g/mol. The summed E-state index contributed by atoms with van der Waals surface area (Å²) in [6, 6.07) is 18.8. The lowest BCUT2D eigenvalue weighted by molar-refractivity contribution is -0.0671. The predicted molar refractivity (Wildman–Crippen MR) is 124 cm³/mol. The summed E-state index contributed by atoms with van der Waals surface area (Å²) in [6.07, 6.45) is 1.24. The molecule has 1 heterocycles. The minimum Gasteiger partial charge on any atom is -0.366 e. The molecule has 168 valence electrons. The predicted octanol–water partition coefficient (Wildman–Crippen LogP) is 3.70. The van der Waals surface area contributed by atoms with Crippen LogP contribution in [0.5, 0.6) is 0 Å². The van der Waals surface area contributed by atoms with E-state index in [9.17, 15) is 4.79 Å². The molecule has 0 radical (unpaired) electrons. The second-order valence-corrected chi connectivity index (χ2v) is 8.46. The summed E-state index contributed by atoms with van der Waals surface area (Å²) < 4.78 is 10.8. The van der Waals surface area contributed by atoms with Gasteiger partial charge in [-0.05, 0) is 50.1 Å². The zero-order chi connectivity index (χ0) is 22.2. The van der Waals surface area contributed by atoms with E-state index < -0.39 is 0 Å². The molecule has 31 heavy (non-hydrogen) atoms. The third-order valence-electron chi connectivity index (χ3n) is 5.69. The lowest BCUT2D eigenvalue weighted by Gasteiger charge is -2.34. The first-order valence-electron chi connectivity index (χ1n) is 11.0. The summed E-state index contributed by atoms with van der Waals surface area (Å²) in [5.74, 6) is -0.0389. The molecule has 0 spiro atoms. The third-order valence-corrected chi connectivity index (χ3v) is 5.69. The van der Waals surface area contributed by atoms with Crippen LogP contribution in [0.25, 0.3) is 0 Å². The number of amides is 1. The quantitative estimate of drug-likeness (QED) is 0.589. The van der Waals surface area contributed by atoms with Crippen molar-refractivity contribution in [2.45, 2.75) is 38.5 Å². The molecule has 1 fully saturated rings. The highest BCUT2D eigenvalue weighted by atomic mass is 16.7. The molecule has 0 aromatic heterocycles. The number of hydrogen-bond donors (Lipinski definition) is 1. The van der Waals surface area contributed by atoms with Crippen molar-refractivity contribution in [2.24, 2.45) is 0 Å². The van der Waals surface area contributed by atoms with Crippen LogP contribution in [0.1, 0.15) is 42.2 Å². The van der Waals surface area contributed by atoms with Crippen LogP contribution in [0, 0.1) is 0 Å². The van der Waals surface area contributed by atoms with Crippen molar-refractivity contribution in [1.29, 1.82) is 0 Å².